The van der Waals surface area contributed by atoms with Crippen LogP contribution in [0.2, 0.25) is 0 Å². The van der Waals surface area contributed by atoms with Gasteiger partial charge in [0.15, 0.2) is 23.9 Å². The maximum Gasteiger partial charge on any atom is 0.314 e. The Morgan fingerprint density at radius 1 is 0.633 bits per heavy atom. The van der Waals surface area contributed by atoms with Crippen LogP contribution < -0.4 is 0 Å². The van der Waals surface area contributed by atoms with Gasteiger partial charge in [-0.25, -0.2) is 4.89 Å². The second-order valence-electron chi connectivity index (χ2n) is 25.0. The van der Waals surface area contributed by atoms with E-state index < -0.39 is 259 Å². The highest BCUT2D eigenvalue weighted by atomic mass is 17.1. The lowest BCUT2D eigenvalue weighted by Gasteiger charge is -2.64. The average Bonchev–Trinajstić information content (AvgIpc) is 1.40. The minimum Gasteiger partial charge on any atom is -0.460 e. The fourth-order valence-electron chi connectivity index (χ4n) is 14.3. The highest BCUT2D eigenvalue weighted by Crippen LogP contribution is 2.73. The summed E-state index contributed by atoms with van der Waals surface area (Å²) in [6.07, 6.45) is -46.7. The molecule has 5 fully saturated rings. The minimum absolute atomic E-state index is 0.0244. The Balaban J connectivity index is 1.49. The van der Waals surface area contributed by atoms with Crippen molar-refractivity contribution in [1.29, 1.82) is 0 Å². The molecule has 0 aromatic carbocycles. The van der Waals surface area contributed by atoms with Crippen LogP contribution in [0.25, 0.3) is 0 Å². The van der Waals surface area contributed by atoms with Gasteiger partial charge >= 0.3 is 5.97 Å². The third-order valence-corrected chi connectivity index (χ3v) is 19.2. The highest BCUT2D eigenvalue weighted by molar-refractivity contribution is 5.77. The lowest BCUT2D eigenvalue weighted by Crippen LogP contribution is -2.62. The first-order chi connectivity index (χ1) is 42.2. The molecule has 526 valence electrons. The Hall–Kier alpha value is -2.65. The summed E-state index contributed by atoms with van der Waals surface area (Å²) in [6.45, 7) is 1.88. The number of aliphatic hydroxyl groups excluding tert-OH is 23. The van der Waals surface area contributed by atoms with Crippen LogP contribution in [0.3, 0.4) is 0 Å². The lowest BCUT2D eigenvalue weighted by atomic mass is 9.41. The van der Waals surface area contributed by atoms with E-state index in [9.17, 15) is 133 Å². The number of ether oxygens (including phenoxy) is 7. The van der Waals surface area contributed by atoms with E-state index in [0.29, 0.717) is 31.3 Å². The second kappa shape index (κ2) is 33.3. The molecular weight excluding hydrogens is 1220 g/mol. The molecule has 25 unspecified atom stereocenters. The van der Waals surface area contributed by atoms with Crippen LogP contribution >= 0.6 is 0 Å². The molecule has 1 saturated heterocycles. The molecule has 34 nitrogen and oxygen atoms in total. The van der Waals surface area contributed by atoms with Gasteiger partial charge in [-0.05, 0) is 112 Å². The standard InChI is InChI=1S/C56H98O34/c1-25-21-54-14-5-32-52(2,12-4-13-53(32,3)51(80)88-48(78)44(90-82)42(28(65)9-18-59)87-50-40(74)37(71)36(70)31(22-61)84-50)33(54)6-15-55(25,23-54)89-49(79)43(86-47(77)39(73)35(69)27(64)8-17-58)41(85-46(76)38(72)34(68)26(63)7-16-57)29(66)11-20-83-56(81,24-62)45(75)30(67)10-19-60/h26-40,42,44-50,57-79,81-82H,1,4-24H2,2-3H3/b43-41+/t26?,27?,28?,29?,30?,31?,32?,33-,34?,35?,36?,37?,38?,39?,40?,42?,44?,45?,46?,47?,48?,49?,50?,52+,53+,54?,55?,56?/m0/s1. The lowest BCUT2D eigenvalue weighted by molar-refractivity contribution is -0.378. The van der Waals surface area contributed by atoms with Crippen molar-refractivity contribution < 1.29 is 171 Å². The number of carbonyl (C=O) groups is 1. The van der Waals surface area contributed by atoms with Crippen LogP contribution in [0.5, 0.6) is 0 Å². The molecule has 1 aliphatic heterocycles. The summed E-state index contributed by atoms with van der Waals surface area (Å²) in [5.41, 5.74) is -4.04. The van der Waals surface area contributed by atoms with Gasteiger partial charge in [0.25, 0.3) is 0 Å². The molecule has 4 aliphatic carbocycles. The largest absolute Gasteiger partial charge is 0.460 e. The van der Waals surface area contributed by atoms with Crippen molar-refractivity contribution in [2.24, 2.45) is 28.1 Å². The maximum atomic E-state index is 14.7. The Kier molecular flexibility index (Phi) is 28.9. The number of aliphatic hydroxyl groups is 24. The van der Waals surface area contributed by atoms with Crippen LogP contribution in [0.4, 0.5) is 0 Å². The molecular formula is C56H98O34. The van der Waals surface area contributed by atoms with E-state index in [-0.39, 0.29) is 38.0 Å². The Bertz CT molecular complexity index is 2250. The van der Waals surface area contributed by atoms with Crippen LogP contribution in [-0.2, 0) is 42.8 Å². The Morgan fingerprint density at radius 3 is 1.72 bits per heavy atom. The second-order valence-corrected chi connectivity index (χ2v) is 25.0. The quantitative estimate of drug-likeness (QED) is 0.00682. The fraction of sp³-hybridized carbons (Fsp3) is 0.911. The summed E-state index contributed by atoms with van der Waals surface area (Å²) in [7, 11) is 0. The molecule has 5 rings (SSSR count). The highest BCUT2D eigenvalue weighted by Gasteiger charge is 2.69. The molecule has 34 heteroatoms. The van der Waals surface area contributed by atoms with Gasteiger partial charge in [-0.1, -0.05) is 19.9 Å². The van der Waals surface area contributed by atoms with E-state index in [4.69, 9.17) is 33.2 Å². The molecule has 90 heavy (non-hydrogen) atoms. The molecule has 2 bridgehead atoms. The van der Waals surface area contributed by atoms with E-state index in [1.165, 1.54) is 0 Å². The van der Waals surface area contributed by atoms with Gasteiger partial charge in [-0.15, -0.1) is 0 Å². The van der Waals surface area contributed by atoms with Crippen LogP contribution in [-0.4, -0.2) is 321 Å². The number of hydrogen-bond acceptors (Lipinski definition) is 34. The summed E-state index contributed by atoms with van der Waals surface area (Å²) in [6, 6.07) is 0. The fourth-order valence-corrected chi connectivity index (χ4v) is 14.3. The van der Waals surface area contributed by atoms with Crippen molar-refractivity contribution >= 4 is 5.97 Å². The SMILES string of the molecule is C=C1CC23CCC4[C@](C)(C(=O)OC(O)C(OO)C(OC5OC(CO)C(O)C(O)C5O)C(O)CCO)CCC[C@@]4(C)[C@@H]2CCC1(OC(O)/C(OC(O)C(O)C(O)C(O)CCO)=C(\OC(O)C(O)C(O)C(O)CCO)C(O)CCOC(O)(CO)C(O)C(O)CCO)C3. The van der Waals surface area contributed by atoms with Gasteiger partial charge in [-0.3, -0.25) is 10.1 Å². The van der Waals surface area contributed by atoms with Crippen molar-refractivity contribution in [1.82, 2.24) is 0 Å². The molecule has 0 aromatic rings. The number of esters is 1. The van der Waals surface area contributed by atoms with Crippen molar-refractivity contribution in [3.63, 3.8) is 0 Å². The first-order valence-electron chi connectivity index (χ1n) is 30.1. The predicted octanol–water partition coefficient (Wildman–Crippen LogP) is -8.57. The number of hydrogen-bond donors (Lipinski definition) is 25. The zero-order valence-corrected chi connectivity index (χ0v) is 50.2. The van der Waals surface area contributed by atoms with Crippen LogP contribution in [0.15, 0.2) is 23.7 Å². The molecule has 5 aliphatic rings. The van der Waals surface area contributed by atoms with Crippen molar-refractivity contribution in [3.05, 3.63) is 23.7 Å². The van der Waals surface area contributed by atoms with E-state index in [2.05, 4.69) is 11.5 Å². The molecule has 4 saturated carbocycles. The molecule has 0 radical (unpaired) electrons. The number of fused-ring (bicyclic) bond motifs is 3. The maximum absolute atomic E-state index is 14.7. The zero-order chi connectivity index (χ0) is 67.6. The molecule has 25 N–H and O–H groups in total. The van der Waals surface area contributed by atoms with E-state index >= 15 is 0 Å². The van der Waals surface area contributed by atoms with Gasteiger partial charge < -0.3 is 156 Å². The van der Waals surface area contributed by atoms with Gasteiger partial charge in [0.05, 0.1) is 55.3 Å². The van der Waals surface area contributed by atoms with Gasteiger partial charge in [-0.2, -0.15) is 0 Å². The molecule has 0 aromatic heterocycles. The van der Waals surface area contributed by atoms with Crippen LogP contribution in [0.1, 0.15) is 104 Å². The Labute approximate surface area is 517 Å². The summed E-state index contributed by atoms with van der Waals surface area (Å²) >= 11 is 0. The molecule has 0 amide bonds. The number of carbonyl (C=O) groups excluding carboxylic acids is 1. The van der Waals surface area contributed by atoms with E-state index in [1.807, 2.05) is 6.92 Å². The topological polar surface area (TPSA) is 597 Å². The summed E-state index contributed by atoms with van der Waals surface area (Å²) < 4.78 is 39.6. The molecule has 28 atom stereocenters. The summed E-state index contributed by atoms with van der Waals surface area (Å²) in [5.74, 6) is -7.25. The van der Waals surface area contributed by atoms with E-state index in [1.54, 1.807) is 6.92 Å². The monoisotopic (exact) mass is 1310 g/mol. The van der Waals surface area contributed by atoms with Crippen LogP contribution in [0, 0.1) is 28.1 Å². The molecule has 1 heterocycles. The summed E-state index contributed by atoms with van der Waals surface area (Å²) in [5, 5.41) is 264. The Morgan fingerprint density at radius 2 is 1.18 bits per heavy atom. The smallest absolute Gasteiger partial charge is 0.314 e. The zero-order valence-electron chi connectivity index (χ0n) is 50.2. The van der Waals surface area contributed by atoms with Gasteiger partial charge in [0, 0.05) is 32.8 Å². The number of rotatable bonds is 38. The van der Waals surface area contributed by atoms with Gasteiger partial charge in [0.2, 0.25) is 30.9 Å². The first kappa shape index (κ1) is 78.0. The predicted molar refractivity (Wildman–Crippen MR) is 295 cm³/mol. The molecule has 1 spiro atoms. The van der Waals surface area contributed by atoms with Crippen molar-refractivity contribution in [3.8, 4) is 0 Å². The third kappa shape index (κ3) is 16.9. The minimum atomic E-state index is -3.00. The van der Waals surface area contributed by atoms with Crippen molar-refractivity contribution in [2.45, 2.75) is 244 Å². The average molecular weight is 1320 g/mol. The van der Waals surface area contributed by atoms with E-state index in [0.717, 1.165) is 0 Å². The summed E-state index contributed by atoms with van der Waals surface area (Å²) in [4.78, 5) is 19.2. The normalized spacial score (nSPS) is 35.0. The first-order valence-corrected chi connectivity index (χ1v) is 30.1. The van der Waals surface area contributed by atoms with Crippen molar-refractivity contribution in [2.75, 3.05) is 46.2 Å². The van der Waals surface area contributed by atoms with Gasteiger partial charge in [0.1, 0.15) is 67.1 Å². The third-order valence-electron chi connectivity index (χ3n) is 19.2.